The van der Waals surface area contributed by atoms with Crippen LogP contribution in [0.2, 0.25) is 0 Å². The van der Waals surface area contributed by atoms with Gasteiger partial charge in [-0.05, 0) is 49.9 Å². The van der Waals surface area contributed by atoms with E-state index in [1.54, 1.807) is 7.11 Å². The minimum Gasteiger partial charge on any atom is -0.495 e. The number of hydrogen-bond acceptors (Lipinski definition) is 4. The van der Waals surface area contributed by atoms with Crippen LogP contribution in [0.25, 0.3) is 0 Å². The van der Waals surface area contributed by atoms with Crippen LogP contribution < -0.4 is 14.4 Å². The van der Waals surface area contributed by atoms with E-state index >= 15 is 0 Å². The van der Waals surface area contributed by atoms with Crippen LogP contribution in [0.3, 0.4) is 0 Å². The topological polar surface area (TPSA) is 58.6 Å². The van der Waals surface area contributed by atoms with Gasteiger partial charge < -0.3 is 9.64 Å². The lowest BCUT2D eigenvalue weighted by Gasteiger charge is -2.29. The van der Waals surface area contributed by atoms with Crippen LogP contribution >= 0.6 is 0 Å². The molecule has 6 heteroatoms. The van der Waals surface area contributed by atoms with Gasteiger partial charge in [-0.25, -0.2) is 8.42 Å². The van der Waals surface area contributed by atoms with Crippen LogP contribution in [-0.2, 0) is 15.8 Å². The average molecular weight is 375 g/mol. The molecule has 140 valence electrons. The van der Waals surface area contributed by atoms with E-state index in [9.17, 15) is 8.42 Å². The molecule has 3 rings (SSSR count). The summed E-state index contributed by atoms with van der Waals surface area (Å²) in [5.74, 6) is 0.463. The van der Waals surface area contributed by atoms with E-state index in [2.05, 4.69) is 9.62 Å². The second-order valence-corrected chi connectivity index (χ2v) is 8.50. The van der Waals surface area contributed by atoms with Crippen LogP contribution in [-0.4, -0.2) is 28.6 Å². The summed E-state index contributed by atoms with van der Waals surface area (Å²) in [6.07, 6.45) is 3.59. The molecule has 1 N–H and O–H groups in total. The van der Waals surface area contributed by atoms with Gasteiger partial charge in [0.05, 0.1) is 18.6 Å². The largest absolute Gasteiger partial charge is 0.495 e. The fraction of sp³-hybridized carbons (Fsp3) is 0.400. The first-order valence-corrected chi connectivity index (χ1v) is 10.6. The van der Waals surface area contributed by atoms with Gasteiger partial charge in [0.25, 0.3) is 0 Å². The Bertz CT molecular complexity index is 859. The molecular formula is C20H26N2O3S. The SMILES string of the molecule is COc1ccc(N2CCCCC2)cc1NS(=O)(=O)Cc1cccc(C)c1. The Kier molecular flexibility index (Phi) is 5.71. The molecule has 1 saturated heterocycles. The van der Waals surface area contributed by atoms with E-state index in [1.807, 2.05) is 49.4 Å². The average Bonchev–Trinajstić information content (AvgIpc) is 2.61. The number of nitrogens with zero attached hydrogens (tertiary/aromatic N) is 1. The molecule has 0 aliphatic carbocycles. The Balaban J connectivity index is 1.82. The van der Waals surface area contributed by atoms with Crippen molar-refractivity contribution in [2.75, 3.05) is 29.8 Å². The van der Waals surface area contributed by atoms with Crippen LogP contribution in [0.15, 0.2) is 42.5 Å². The van der Waals surface area contributed by atoms with Crippen molar-refractivity contribution in [2.24, 2.45) is 0 Å². The fourth-order valence-corrected chi connectivity index (χ4v) is 4.53. The van der Waals surface area contributed by atoms with Crippen molar-refractivity contribution in [3.8, 4) is 5.75 Å². The standard InChI is InChI=1S/C20H26N2O3S/c1-16-7-6-8-17(13-16)15-26(23,24)21-19-14-18(9-10-20(19)25-2)22-11-4-3-5-12-22/h6-10,13-14,21H,3-5,11-12,15H2,1-2H3. The zero-order chi connectivity index (χ0) is 18.6. The molecule has 0 bridgehead atoms. The van der Waals surface area contributed by atoms with Crippen molar-refractivity contribution in [3.05, 3.63) is 53.6 Å². The van der Waals surface area contributed by atoms with Crippen molar-refractivity contribution in [1.82, 2.24) is 0 Å². The highest BCUT2D eigenvalue weighted by Gasteiger charge is 2.18. The summed E-state index contributed by atoms with van der Waals surface area (Å²) >= 11 is 0. The minimum absolute atomic E-state index is 0.0637. The van der Waals surface area contributed by atoms with Gasteiger partial charge in [0.2, 0.25) is 10.0 Å². The number of ether oxygens (including phenoxy) is 1. The molecule has 0 saturated carbocycles. The Morgan fingerprint density at radius 3 is 2.54 bits per heavy atom. The van der Waals surface area contributed by atoms with Gasteiger partial charge in [-0.15, -0.1) is 0 Å². The maximum Gasteiger partial charge on any atom is 0.237 e. The van der Waals surface area contributed by atoms with Crippen molar-refractivity contribution in [3.63, 3.8) is 0 Å². The van der Waals surface area contributed by atoms with Crippen LogP contribution in [0.4, 0.5) is 11.4 Å². The van der Waals surface area contributed by atoms with Crippen LogP contribution in [0.5, 0.6) is 5.75 Å². The number of anilines is 2. The Morgan fingerprint density at radius 1 is 1.08 bits per heavy atom. The predicted octanol–water partition coefficient (Wildman–Crippen LogP) is 3.94. The molecule has 5 nitrogen and oxygen atoms in total. The molecule has 2 aromatic carbocycles. The molecule has 2 aromatic rings. The van der Waals surface area contributed by atoms with Gasteiger partial charge in [0.1, 0.15) is 5.75 Å². The van der Waals surface area contributed by atoms with Gasteiger partial charge in [0, 0.05) is 18.8 Å². The predicted molar refractivity (Wildman–Crippen MR) is 106 cm³/mol. The third-order valence-corrected chi connectivity index (χ3v) is 5.85. The molecule has 0 unspecified atom stereocenters. The molecule has 1 aliphatic rings. The molecule has 1 fully saturated rings. The number of hydrogen-bond donors (Lipinski definition) is 1. The molecule has 0 radical (unpaired) electrons. The van der Waals surface area contributed by atoms with Crippen molar-refractivity contribution in [2.45, 2.75) is 31.9 Å². The first kappa shape index (κ1) is 18.6. The molecule has 0 spiro atoms. The maximum atomic E-state index is 12.7. The monoisotopic (exact) mass is 374 g/mol. The smallest absolute Gasteiger partial charge is 0.237 e. The first-order chi connectivity index (χ1) is 12.5. The first-order valence-electron chi connectivity index (χ1n) is 8.96. The minimum atomic E-state index is -3.53. The van der Waals surface area contributed by atoms with E-state index in [4.69, 9.17) is 4.74 Å². The Morgan fingerprint density at radius 2 is 1.85 bits per heavy atom. The third-order valence-electron chi connectivity index (χ3n) is 4.61. The maximum absolute atomic E-state index is 12.7. The number of piperidine rings is 1. The van der Waals surface area contributed by atoms with E-state index in [0.29, 0.717) is 11.4 Å². The summed E-state index contributed by atoms with van der Waals surface area (Å²) < 4.78 is 33.4. The highest BCUT2D eigenvalue weighted by atomic mass is 32.2. The summed E-state index contributed by atoms with van der Waals surface area (Å²) in [6, 6.07) is 13.2. The molecule has 0 amide bonds. The number of benzene rings is 2. The molecule has 1 heterocycles. The summed E-state index contributed by atoms with van der Waals surface area (Å²) in [6.45, 7) is 3.96. The number of methoxy groups -OCH3 is 1. The molecule has 0 aromatic heterocycles. The van der Waals surface area contributed by atoms with Gasteiger partial charge in [0.15, 0.2) is 0 Å². The summed E-state index contributed by atoms with van der Waals surface area (Å²) in [5, 5.41) is 0. The normalized spacial score (nSPS) is 14.9. The summed E-state index contributed by atoms with van der Waals surface area (Å²) in [7, 11) is -1.98. The van der Waals surface area contributed by atoms with Gasteiger partial charge >= 0.3 is 0 Å². The van der Waals surface area contributed by atoms with E-state index in [-0.39, 0.29) is 5.75 Å². The van der Waals surface area contributed by atoms with E-state index in [1.165, 1.54) is 19.3 Å². The van der Waals surface area contributed by atoms with Gasteiger partial charge in [-0.3, -0.25) is 4.72 Å². The summed E-state index contributed by atoms with van der Waals surface area (Å²) in [4.78, 5) is 2.29. The number of sulfonamides is 1. The molecule has 26 heavy (non-hydrogen) atoms. The second kappa shape index (κ2) is 7.99. The van der Waals surface area contributed by atoms with Crippen molar-refractivity contribution in [1.29, 1.82) is 0 Å². The third kappa shape index (κ3) is 4.69. The quantitative estimate of drug-likeness (QED) is 0.832. The van der Waals surface area contributed by atoms with E-state index < -0.39 is 10.0 Å². The highest BCUT2D eigenvalue weighted by molar-refractivity contribution is 7.91. The number of nitrogens with one attached hydrogen (secondary N) is 1. The van der Waals surface area contributed by atoms with Crippen molar-refractivity contribution >= 4 is 21.4 Å². The van der Waals surface area contributed by atoms with Gasteiger partial charge in [-0.2, -0.15) is 0 Å². The molecule has 0 atom stereocenters. The van der Waals surface area contributed by atoms with Gasteiger partial charge in [-0.1, -0.05) is 29.8 Å². The number of rotatable bonds is 6. The zero-order valence-electron chi connectivity index (χ0n) is 15.4. The fourth-order valence-electron chi connectivity index (χ4n) is 3.35. The highest BCUT2D eigenvalue weighted by Crippen LogP contribution is 2.32. The van der Waals surface area contributed by atoms with Crippen molar-refractivity contribution < 1.29 is 13.2 Å². The second-order valence-electron chi connectivity index (χ2n) is 6.78. The zero-order valence-corrected chi connectivity index (χ0v) is 16.2. The van der Waals surface area contributed by atoms with Crippen LogP contribution in [0.1, 0.15) is 30.4 Å². The van der Waals surface area contributed by atoms with Crippen LogP contribution in [0, 0.1) is 6.92 Å². The lowest BCUT2D eigenvalue weighted by atomic mass is 10.1. The van der Waals surface area contributed by atoms with E-state index in [0.717, 1.165) is 29.9 Å². The lowest BCUT2D eigenvalue weighted by Crippen LogP contribution is -2.29. The Hall–Kier alpha value is -2.21. The Labute approximate surface area is 156 Å². The number of aryl methyl sites for hydroxylation is 1. The molecular weight excluding hydrogens is 348 g/mol. The summed E-state index contributed by atoms with van der Waals surface area (Å²) in [5.41, 5.74) is 3.33. The molecule has 1 aliphatic heterocycles. The lowest BCUT2D eigenvalue weighted by molar-refractivity contribution is 0.417.